The molecule has 3 aromatic rings. The number of aromatic nitrogens is 2. The summed E-state index contributed by atoms with van der Waals surface area (Å²) in [4.78, 5) is 19.5. The van der Waals surface area contributed by atoms with Crippen LogP contribution in [0.1, 0.15) is 5.69 Å². The van der Waals surface area contributed by atoms with Crippen LogP contribution in [-0.2, 0) is 4.79 Å². The zero-order valence-electron chi connectivity index (χ0n) is 14.1. The molecule has 128 valence electrons. The molecule has 1 aromatic heterocycles. The minimum Gasteiger partial charge on any atom is -0.493 e. The number of benzene rings is 2. The minimum absolute atomic E-state index is 0.105. The van der Waals surface area contributed by atoms with Crippen molar-refractivity contribution in [3.8, 4) is 22.8 Å². The van der Waals surface area contributed by atoms with Crippen molar-refractivity contribution in [3.05, 3.63) is 60.6 Å². The first kappa shape index (κ1) is 16.6. The second kappa shape index (κ2) is 7.53. The van der Waals surface area contributed by atoms with Crippen LogP contribution in [0.2, 0.25) is 0 Å². The van der Waals surface area contributed by atoms with Gasteiger partial charge in [-0.1, -0.05) is 24.3 Å². The molecular weight excluding hydrogens is 318 g/mol. The van der Waals surface area contributed by atoms with E-state index in [9.17, 15) is 4.79 Å². The maximum atomic E-state index is 12.2. The lowest BCUT2D eigenvalue weighted by Gasteiger charge is -2.11. The average molecular weight is 337 g/mol. The number of carbonyl (C=O) groups is 1. The Labute approximate surface area is 145 Å². The summed E-state index contributed by atoms with van der Waals surface area (Å²) in [5.74, 6) is 0.870. The monoisotopic (exact) mass is 337 g/mol. The standard InChI is InChI=1S/C19H19N3O3/c1-13-19(21-12-20-13)14-6-5-7-15(10-14)22-18(23)11-25-17-9-4-3-8-16(17)24-2/h3-10,12H,11H2,1-2H3,(H,20,21)(H,22,23). The number of hydrogen-bond donors (Lipinski definition) is 2. The number of H-pyrrole nitrogens is 1. The van der Waals surface area contributed by atoms with Crippen LogP contribution in [0.15, 0.2) is 54.9 Å². The van der Waals surface area contributed by atoms with Gasteiger partial charge in [-0.2, -0.15) is 0 Å². The van der Waals surface area contributed by atoms with E-state index in [1.165, 1.54) is 0 Å². The zero-order chi connectivity index (χ0) is 17.6. The Hall–Kier alpha value is -3.28. The first-order valence-electron chi connectivity index (χ1n) is 7.83. The lowest BCUT2D eigenvalue weighted by Crippen LogP contribution is -2.20. The Morgan fingerprint density at radius 3 is 2.68 bits per heavy atom. The molecule has 1 amide bonds. The van der Waals surface area contributed by atoms with Crippen LogP contribution in [0.25, 0.3) is 11.3 Å². The fourth-order valence-electron chi connectivity index (χ4n) is 2.47. The number of anilines is 1. The molecule has 0 aliphatic heterocycles. The predicted molar refractivity (Wildman–Crippen MR) is 95.9 cm³/mol. The van der Waals surface area contributed by atoms with Crippen molar-refractivity contribution in [3.63, 3.8) is 0 Å². The maximum absolute atomic E-state index is 12.2. The van der Waals surface area contributed by atoms with Gasteiger partial charge in [0, 0.05) is 16.9 Å². The number of para-hydroxylation sites is 2. The van der Waals surface area contributed by atoms with E-state index in [1.807, 2.05) is 43.3 Å². The van der Waals surface area contributed by atoms with Crippen molar-refractivity contribution in [2.24, 2.45) is 0 Å². The fourth-order valence-corrected chi connectivity index (χ4v) is 2.47. The number of nitrogens with zero attached hydrogens (tertiary/aromatic N) is 1. The average Bonchev–Trinajstić information content (AvgIpc) is 3.06. The molecular formula is C19H19N3O3. The van der Waals surface area contributed by atoms with Crippen molar-refractivity contribution in [1.82, 2.24) is 9.97 Å². The summed E-state index contributed by atoms with van der Waals surface area (Å²) < 4.78 is 10.7. The zero-order valence-corrected chi connectivity index (χ0v) is 14.1. The van der Waals surface area contributed by atoms with Gasteiger partial charge in [-0.15, -0.1) is 0 Å². The maximum Gasteiger partial charge on any atom is 0.262 e. The summed E-state index contributed by atoms with van der Waals surface area (Å²) in [5.41, 5.74) is 3.46. The van der Waals surface area contributed by atoms with Crippen molar-refractivity contribution >= 4 is 11.6 Å². The quantitative estimate of drug-likeness (QED) is 0.723. The van der Waals surface area contributed by atoms with Crippen LogP contribution in [0.5, 0.6) is 11.5 Å². The van der Waals surface area contributed by atoms with E-state index >= 15 is 0 Å². The van der Waals surface area contributed by atoms with Crippen LogP contribution in [0.4, 0.5) is 5.69 Å². The highest BCUT2D eigenvalue weighted by atomic mass is 16.5. The number of carbonyl (C=O) groups excluding carboxylic acids is 1. The van der Waals surface area contributed by atoms with Crippen LogP contribution in [0.3, 0.4) is 0 Å². The second-order valence-corrected chi connectivity index (χ2v) is 5.44. The lowest BCUT2D eigenvalue weighted by molar-refractivity contribution is -0.118. The van der Waals surface area contributed by atoms with Crippen LogP contribution >= 0.6 is 0 Å². The Kier molecular flexibility index (Phi) is 4.99. The molecule has 0 atom stereocenters. The van der Waals surface area contributed by atoms with Crippen molar-refractivity contribution in [2.75, 3.05) is 19.0 Å². The summed E-state index contributed by atoms with van der Waals surface area (Å²) in [6.07, 6.45) is 1.65. The molecule has 0 bridgehead atoms. The molecule has 0 aliphatic rings. The summed E-state index contributed by atoms with van der Waals surface area (Å²) in [7, 11) is 1.56. The second-order valence-electron chi connectivity index (χ2n) is 5.44. The van der Waals surface area contributed by atoms with Gasteiger partial charge in [0.2, 0.25) is 0 Å². The first-order valence-corrected chi connectivity index (χ1v) is 7.83. The van der Waals surface area contributed by atoms with Crippen LogP contribution in [0, 0.1) is 6.92 Å². The molecule has 0 radical (unpaired) electrons. The molecule has 0 aliphatic carbocycles. The molecule has 6 heteroatoms. The normalized spacial score (nSPS) is 10.3. The molecule has 1 heterocycles. The molecule has 6 nitrogen and oxygen atoms in total. The number of aromatic amines is 1. The number of hydrogen-bond acceptors (Lipinski definition) is 4. The highest BCUT2D eigenvalue weighted by Gasteiger charge is 2.09. The molecule has 25 heavy (non-hydrogen) atoms. The number of aryl methyl sites for hydroxylation is 1. The number of amides is 1. The van der Waals surface area contributed by atoms with Gasteiger partial charge in [0.05, 0.1) is 19.1 Å². The summed E-state index contributed by atoms with van der Waals surface area (Å²) in [6, 6.07) is 14.7. The number of nitrogens with one attached hydrogen (secondary N) is 2. The molecule has 0 saturated carbocycles. The summed E-state index contributed by atoms with van der Waals surface area (Å²) in [5, 5.41) is 2.83. The third kappa shape index (κ3) is 3.98. The largest absolute Gasteiger partial charge is 0.493 e. The third-order valence-corrected chi connectivity index (χ3v) is 3.68. The highest BCUT2D eigenvalue weighted by Crippen LogP contribution is 2.26. The number of methoxy groups -OCH3 is 1. The van der Waals surface area contributed by atoms with E-state index in [2.05, 4.69) is 15.3 Å². The van der Waals surface area contributed by atoms with Gasteiger partial charge in [-0.05, 0) is 31.2 Å². The number of imidazole rings is 1. The molecule has 0 spiro atoms. The van der Waals surface area contributed by atoms with Gasteiger partial charge in [-0.3, -0.25) is 4.79 Å². The first-order chi connectivity index (χ1) is 12.2. The highest BCUT2D eigenvalue weighted by molar-refractivity contribution is 5.92. The Balaban J connectivity index is 1.64. The van der Waals surface area contributed by atoms with E-state index in [4.69, 9.17) is 9.47 Å². The summed E-state index contributed by atoms with van der Waals surface area (Å²) in [6.45, 7) is 1.85. The summed E-state index contributed by atoms with van der Waals surface area (Å²) >= 11 is 0. The molecule has 0 unspecified atom stereocenters. The lowest BCUT2D eigenvalue weighted by atomic mass is 10.1. The SMILES string of the molecule is COc1ccccc1OCC(=O)Nc1cccc(-c2nc[nH]c2C)c1. The van der Waals surface area contributed by atoms with E-state index in [0.717, 1.165) is 17.0 Å². The van der Waals surface area contributed by atoms with E-state index in [-0.39, 0.29) is 12.5 Å². The van der Waals surface area contributed by atoms with Gasteiger partial charge < -0.3 is 19.8 Å². The molecule has 3 rings (SSSR count). The number of rotatable bonds is 6. The van der Waals surface area contributed by atoms with E-state index < -0.39 is 0 Å². The van der Waals surface area contributed by atoms with Gasteiger partial charge in [0.15, 0.2) is 18.1 Å². The van der Waals surface area contributed by atoms with E-state index in [0.29, 0.717) is 17.2 Å². The van der Waals surface area contributed by atoms with Crippen LogP contribution in [-0.4, -0.2) is 29.6 Å². The molecule has 2 N–H and O–H groups in total. The topological polar surface area (TPSA) is 76.2 Å². The van der Waals surface area contributed by atoms with Crippen molar-refractivity contribution < 1.29 is 14.3 Å². The molecule has 0 saturated heterocycles. The Morgan fingerprint density at radius 2 is 1.96 bits per heavy atom. The Morgan fingerprint density at radius 1 is 1.16 bits per heavy atom. The molecule has 0 fully saturated rings. The predicted octanol–water partition coefficient (Wildman–Crippen LogP) is 3.41. The van der Waals surface area contributed by atoms with Crippen molar-refractivity contribution in [1.29, 1.82) is 0 Å². The van der Waals surface area contributed by atoms with Gasteiger partial charge in [-0.25, -0.2) is 4.98 Å². The Bertz CT molecular complexity index is 874. The van der Waals surface area contributed by atoms with Gasteiger partial charge in [0.1, 0.15) is 0 Å². The van der Waals surface area contributed by atoms with E-state index in [1.54, 1.807) is 25.6 Å². The van der Waals surface area contributed by atoms with Gasteiger partial charge in [0.25, 0.3) is 5.91 Å². The third-order valence-electron chi connectivity index (χ3n) is 3.68. The number of ether oxygens (including phenoxy) is 2. The van der Waals surface area contributed by atoms with Gasteiger partial charge >= 0.3 is 0 Å². The minimum atomic E-state index is -0.248. The van der Waals surface area contributed by atoms with Crippen molar-refractivity contribution in [2.45, 2.75) is 6.92 Å². The fraction of sp³-hybridized carbons (Fsp3) is 0.158. The smallest absolute Gasteiger partial charge is 0.262 e. The molecule has 2 aromatic carbocycles. The van der Waals surface area contributed by atoms with Crippen LogP contribution < -0.4 is 14.8 Å².